The average Bonchev–Trinajstić information content (AvgIpc) is 2.46. The summed E-state index contributed by atoms with van der Waals surface area (Å²) >= 11 is 0. The van der Waals surface area contributed by atoms with Crippen molar-refractivity contribution in [3.8, 4) is 0 Å². The summed E-state index contributed by atoms with van der Waals surface area (Å²) in [6, 6.07) is 6.69. The normalized spacial score (nSPS) is 10.1. The minimum absolute atomic E-state index is 0.0790. The second-order valence-electron chi connectivity index (χ2n) is 3.99. The van der Waals surface area contributed by atoms with Gasteiger partial charge in [0.2, 0.25) is 0 Å². The fourth-order valence-electron chi connectivity index (χ4n) is 1.64. The largest absolute Gasteiger partial charge is 0.311 e. The topological polar surface area (TPSA) is 76.3 Å². The number of carbonyl (C=O) groups is 1. The Hall–Kier alpha value is -2.83. The molecule has 20 heavy (non-hydrogen) atoms. The van der Waals surface area contributed by atoms with E-state index >= 15 is 0 Å². The Morgan fingerprint density at radius 1 is 1.30 bits per heavy atom. The van der Waals surface area contributed by atoms with Crippen LogP contribution in [0.3, 0.4) is 0 Å². The van der Waals surface area contributed by atoms with Crippen molar-refractivity contribution in [1.29, 1.82) is 0 Å². The molecule has 0 unspecified atom stereocenters. The summed E-state index contributed by atoms with van der Waals surface area (Å²) in [6.45, 7) is 0. The Labute approximate surface area is 113 Å². The van der Waals surface area contributed by atoms with Gasteiger partial charge in [0.25, 0.3) is 11.6 Å². The van der Waals surface area contributed by atoms with Crippen LogP contribution in [-0.4, -0.2) is 22.9 Å². The van der Waals surface area contributed by atoms with Crippen molar-refractivity contribution in [3.63, 3.8) is 0 Å². The Balaban J connectivity index is 2.27. The van der Waals surface area contributed by atoms with Crippen molar-refractivity contribution in [2.75, 3.05) is 11.9 Å². The molecule has 1 aromatic carbocycles. The first kappa shape index (κ1) is 13.6. The smallest absolute Gasteiger partial charge is 0.269 e. The number of amides is 1. The van der Waals surface area contributed by atoms with Crippen LogP contribution >= 0.6 is 0 Å². The molecule has 0 saturated heterocycles. The highest BCUT2D eigenvalue weighted by Crippen LogP contribution is 2.20. The van der Waals surface area contributed by atoms with Gasteiger partial charge in [-0.3, -0.25) is 19.9 Å². The molecule has 1 heterocycles. The van der Waals surface area contributed by atoms with Gasteiger partial charge in [0.05, 0.1) is 16.7 Å². The van der Waals surface area contributed by atoms with Gasteiger partial charge in [0.15, 0.2) is 5.82 Å². The molecule has 0 saturated carbocycles. The molecule has 0 spiro atoms. The van der Waals surface area contributed by atoms with E-state index in [2.05, 4.69) is 4.98 Å². The van der Waals surface area contributed by atoms with E-state index in [9.17, 15) is 19.3 Å². The summed E-state index contributed by atoms with van der Waals surface area (Å²) < 4.78 is 13.5. The summed E-state index contributed by atoms with van der Waals surface area (Å²) in [5.74, 6) is -1.27. The van der Waals surface area contributed by atoms with Gasteiger partial charge in [-0.05, 0) is 18.2 Å². The molecule has 0 bridgehead atoms. The Morgan fingerprint density at radius 3 is 2.50 bits per heavy atom. The molecule has 0 aliphatic rings. The summed E-state index contributed by atoms with van der Waals surface area (Å²) in [4.78, 5) is 26.9. The zero-order chi connectivity index (χ0) is 14.7. The molecule has 7 heteroatoms. The van der Waals surface area contributed by atoms with Crippen LogP contribution in [0, 0.1) is 15.9 Å². The Morgan fingerprint density at radius 2 is 1.95 bits per heavy atom. The molecule has 1 aromatic heterocycles. The standard InChI is InChI=1S/C13H10FN3O3/c1-16(9-2-4-10(5-3-9)17(19)20)13(18)11-6-7-15-8-12(11)14/h2-8H,1H3. The van der Waals surface area contributed by atoms with E-state index < -0.39 is 16.6 Å². The number of carbonyl (C=O) groups excluding carboxylic acids is 1. The zero-order valence-corrected chi connectivity index (χ0v) is 10.5. The lowest BCUT2D eigenvalue weighted by Gasteiger charge is -2.17. The van der Waals surface area contributed by atoms with Crippen molar-refractivity contribution in [1.82, 2.24) is 4.98 Å². The molecular weight excluding hydrogens is 265 g/mol. The third kappa shape index (κ3) is 2.61. The number of non-ortho nitro benzene ring substituents is 1. The summed E-state index contributed by atoms with van der Waals surface area (Å²) in [5, 5.41) is 10.6. The highest BCUT2D eigenvalue weighted by atomic mass is 19.1. The highest BCUT2D eigenvalue weighted by molar-refractivity contribution is 6.05. The van der Waals surface area contributed by atoms with Gasteiger partial charge in [0.1, 0.15) is 0 Å². The zero-order valence-electron chi connectivity index (χ0n) is 10.5. The number of benzene rings is 1. The lowest BCUT2D eigenvalue weighted by atomic mass is 10.2. The highest BCUT2D eigenvalue weighted by Gasteiger charge is 2.18. The van der Waals surface area contributed by atoms with E-state index in [0.29, 0.717) is 5.69 Å². The number of anilines is 1. The first-order valence-corrected chi connectivity index (χ1v) is 5.62. The number of hydrogen-bond donors (Lipinski definition) is 0. The number of rotatable bonds is 3. The van der Waals surface area contributed by atoms with Gasteiger partial charge < -0.3 is 4.90 Å². The maximum atomic E-state index is 13.5. The van der Waals surface area contributed by atoms with E-state index in [4.69, 9.17) is 0 Å². The molecule has 2 aromatic rings. The molecule has 1 amide bonds. The van der Waals surface area contributed by atoms with Gasteiger partial charge in [-0.1, -0.05) is 0 Å². The van der Waals surface area contributed by atoms with E-state index in [1.165, 1.54) is 48.5 Å². The van der Waals surface area contributed by atoms with Gasteiger partial charge in [-0.15, -0.1) is 0 Å². The maximum absolute atomic E-state index is 13.5. The number of pyridine rings is 1. The molecule has 6 nitrogen and oxygen atoms in total. The van der Waals surface area contributed by atoms with Crippen molar-refractivity contribution in [2.24, 2.45) is 0 Å². The number of nitro groups is 1. The average molecular weight is 275 g/mol. The summed E-state index contributed by atoms with van der Waals surface area (Å²) in [7, 11) is 1.46. The molecule has 0 radical (unpaired) electrons. The predicted octanol–water partition coefficient (Wildman–Crippen LogP) is 2.41. The first-order valence-electron chi connectivity index (χ1n) is 5.62. The summed E-state index contributed by atoms with van der Waals surface area (Å²) in [6.07, 6.45) is 2.27. The Bertz CT molecular complexity index is 658. The van der Waals surface area contributed by atoms with Crippen LogP contribution in [0.2, 0.25) is 0 Å². The molecule has 0 atom stereocenters. The molecule has 0 fully saturated rings. The molecule has 0 aliphatic heterocycles. The van der Waals surface area contributed by atoms with Crippen LogP contribution in [0.4, 0.5) is 15.8 Å². The lowest BCUT2D eigenvalue weighted by molar-refractivity contribution is -0.384. The van der Waals surface area contributed by atoms with E-state index in [0.717, 1.165) is 6.20 Å². The second kappa shape index (κ2) is 5.43. The van der Waals surface area contributed by atoms with Gasteiger partial charge in [0, 0.05) is 31.1 Å². The van der Waals surface area contributed by atoms with Gasteiger partial charge in [-0.2, -0.15) is 0 Å². The van der Waals surface area contributed by atoms with E-state index in [-0.39, 0.29) is 11.3 Å². The van der Waals surface area contributed by atoms with Gasteiger partial charge in [-0.25, -0.2) is 4.39 Å². The maximum Gasteiger partial charge on any atom is 0.269 e. The first-order chi connectivity index (χ1) is 9.50. The van der Waals surface area contributed by atoms with Gasteiger partial charge >= 0.3 is 0 Å². The molecule has 0 N–H and O–H groups in total. The van der Waals surface area contributed by atoms with Crippen molar-refractivity contribution in [2.45, 2.75) is 0 Å². The number of hydrogen-bond acceptors (Lipinski definition) is 4. The third-order valence-corrected chi connectivity index (χ3v) is 2.76. The van der Waals surface area contributed by atoms with Crippen LogP contribution in [0.1, 0.15) is 10.4 Å². The number of halogens is 1. The fourth-order valence-corrected chi connectivity index (χ4v) is 1.64. The third-order valence-electron chi connectivity index (χ3n) is 2.76. The van der Waals surface area contributed by atoms with Crippen LogP contribution in [-0.2, 0) is 0 Å². The predicted molar refractivity (Wildman–Crippen MR) is 70.0 cm³/mol. The minimum Gasteiger partial charge on any atom is -0.311 e. The van der Waals surface area contributed by atoms with Crippen molar-refractivity contribution < 1.29 is 14.1 Å². The molecular formula is C13H10FN3O3. The quantitative estimate of drug-likeness (QED) is 0.636. The van der Waals surface area contributed by atoms with E-state index in [1.807, 2.05) is 0 Å². The Kier molecular flexibility index (Phi) is 3.69. The SMILES string of the molecule is CN(C(=O)c1ccncc1F)c1ccc([N+](=O)[O-])cc1. The second-order valence-corrected chi connectivity index (χ2v) is 3.99. The monoisotopic (exact) mass is 275 g/mol. The number of nitro benzene ring substituents is 1. The van der Waals surface area contributed by atoms with E-state index in [1.54, 1.807) is 0 Å². The van der Waals surface area contributed by atoms with Crippen LogP contribution in [0.25, 0.3) is 0 Å². The molecule has 102 valence electrons. The number of aromatic nitrogens is 1. The lowest BCUT2D eigenvalue weighted by Crippen LogP contribution is -2.27. The minimum atomic E-state index is -0.716. The molecule has 2 rings (SSSR count). The molecule has 0 aliphatic carbocycles. The van der Waals surface area contributed by atoms with Crippen LogP contribution in [0.15, 0.2) is 42.7 Å². The number of nitrogens with zero attached hydrogens (tertiary/aromatic N) is 3. The fraction of sp³-hybridized carbons (Fsp3) is 0.0769. The van der Waals surface area contributed by atoms with Crippen molar-refractivity contribution in [3.05, 3.63) is 64.2 Å². The summed E-state index contributed by atoms with van der Waals surface area (Å²) in [5.41, 5.74) is 0.238. The van der Waals surface area contributed by atoms with Crippen molar-refractivity contribution >= 4 is 17.3 Å². The van der Waals surface area contributed by atoms with Crippen LogP contribution in [0.5, 0.6) is 0 Å². The van der Waals surface area contributed by atoms with Crippen LogP contribution < -0.4 is 4.90 Å².